The molecular formula is C12H15BrN2O4. The van der Waals surface area contributed by atoms with Gasteiger partial charge >= 0.3 is 0 Å². The number of hydrogen-bond acceptors (Lipinski definition) is 4. The van der Waals surface area contributed by atoms with Crippen LogP contribution >= 0.6 is 15.9 Å². The summed E-state index contributed by atoms with van der Waals surface area (Å²) in [6.45, 7) is 0.623. The molecule has 19 heavy (non-hydrogen) atoms. The number of carbonyl (C=O) groups is 1. The van der Waals surface area contributed by atoms with Gasteiger partial charge in [-0.3, -0.25) is 14.9 Å². The molecule has 0 saturated heterocycles. The van der Waals surface area contributed by atoms with E-state index in [2.05, 4.69) is 21.2 Å². The van der Waals surface area contributed by atoms with Crippen LogP contribution in [0.5, 0.6) is 0 Å². The lowest BCUT2D eigenvalue weighted by molar-refractivity contribution is -0.384. The van der Waals surface area contributed by atoms with E-state index in [0.29, 0.717) is 17.4 Å². The van der Waals surface area contributed by atoms with Gasteiger partial charge in [-0.15, -0.1) is 0 Å². The van der Waals surface area contributed by atoms with E-state index >= 15 is 0 Å². The summed E-state index contributed by atoms with van der Waals surface area (Å²) in [6.07, 6.45) is 2.29. The Balaban J connectivity index is 2.61. The number of amides is 1. The smallest absolute Gasteiger partial charge is 0.270 e. The summed E-state index contributed by atoms with van der Waals surface area (Å²) in [6, 6.07) is 4.06. The molecule has 1 aromatic rings. The Morgan fingerprint density at radius 1 is 1.37 bits per heavy atom. The zero-order valence-corrected chi connectivity index (χ0v) is 11.9. The number of hydrogen-bond donors (Lipinski definition) is 2. The van der Waals surface area contributed by atoms with Crippen LogP contribution < -0.4 is 5.32 Å². The minimum atomic E-state index is -0.537. The molecule has 1 amide bonds. The molecule has 1 aromatic carbocycles. The van der Waals surface area contributed by atoms with E-state index in [1.165, 1.54) is 18.2 Å². The first-order valence-corrected chi connectivity index (χ1v) is 6.68. The highest BCUT2D eigenvalue weighted by Crippen LogP contribution is 2.22. The van der Waals surface area contributed by atoms with Gasteiger partial charge in [-0.05, 0) is 41.3 Å². The molecule has 0 radical (unpaired) electrons. The summed E-state index contributed by atoms with van der Waals surface area (Å²) in [7, 11) is 0. The molecule has 0 aliphatic carbocycles. The summed E-state index contributed by atoms with van der Waals surface area (Å²) in [4.78, 5) is 22.0. The number of nitrogens with one attached hydrogen (secondary N) is 1. The number of aliphatic hydroxyl groups is 1. The fourth-order valence-electron chi connectivity index (χ4n) is 1.51. The van der Waals surface area contributed by atoms with Gasteiger partial charge in [-0.1, -0.05) is 0 Å². The number of unbranched alkanes of at least 4 members (excludes halogenated alkanes) is 2. The number of nitro benzene ring substituents is 1. The van der Waals surface area contributed by atoms with E-state index in [4.69, 9.17) is 5.11 Å². The van der Waals surface area contributed by atoms with Crippen molar-refractivity contribution in [3.05, 3.63) is 38.3 Å². The Kier molecular flexibility index (Phi) is 6.44. The van der Waals surface area contributed by atoms with Gasteiger partial charge in [0, 0.05) is 29.8 Å². The molecule has 0 aromatic heterocycles. The zero-order valence-electron chi connectivity index (χ0n) is 10.3. The average molecular weight is 331 g/mol. The third-order valence-corrected chi connectivity index (χ3v) is 3.22. The third-order valence-electron chi connectivity index (χ3n) is 2.53. The lowest BCUT2D eigenvalue weighted by atomic mass is 10.2. The number of carbonyl (C=O) groups excluding carboxylic acids is 1. The van der Waals surface area contributed by atoms with Crippen LogP contribution in [0.3, 0.4) is 0 Å². The highest BCUT2D eigenvalue weighted by molar-refractivity contribution is 9.10. The summed E-state index contributed by atoms with van der Waals surface area (Å²) in [5.74, 6) is -0.348. The second kappa shape index (κ2) is 7.85. The van der Waals surface area contributed by atoms with Gasteiger partial charge in [0.1, 0.15) is 0 Å². The first-order chi connectivity index (χ1) is 9.06. The predicted octanol–water partition coefficient (Wildman–Crippen LogP) is 2.25. The standard InChI is InChI=1S/C12H15BrN2O4/c13-11-5-4-9(15(18)19)8-10(11)12(17)14-6-2-1-3-7-16/h4-5,8,16H,1-3,6-7H2,(H,14,17). The van der Waals surface area contributed by atoms with Crippen molar-refractivity contribution in [3.63, 3.8) is 0 Å². The Morgan fingerprint density at radius 3 is 2.74 bits per heavy atom. The van der Waals surface area contributed by atoms with Crippen LogP contribution in [0.1, 0.15) is 29.6 Å². The van der Waals surface area contributed by atoms with Crippen LogP contribution in [0.2, 0.25) is 0 Å². The highest BCUT2D eigenvalue weighted by Gasteiger charge is 2.14. The number of nitrogens with zero attached hydrogens (tertiary/aromatic N) is 1. The van der Waals surface area contributed by atoms with E-state index in [0.717, 1.165) is 12.8 Å². The van der Waals surface area contributed by atoms with Gasteiger partial charge < -0.3 is 10.4 Å². The molecule has 0 saturated carbocycles. The number of nitro groups is 1. The fraction of sp³-hybridized carbons (Fsp3) is 0.417. The van der Waals surface area contributed by atoms with Crippen molar-refractivity contribution in [1.82, 2.24) is 5.32 Å². The zero-order chi connectivity index (χ0) is 14.3. The van der Waals surface area contributed by atoms with E-state index in [-0.39, 0.29) is 23.8 Å². The van der Waals surface area contributed by atoms with Gasteiger partial charge in [0.15, 0.2) is 0 Å². The summed E-state index contributed by atoms with van der Waals surface area (Å²) < 4.78 is 0.519. The maximum Gasteiger partial charge on any atom is 0.270 e. The molecule has 0 unspecified atom stereocenters. The molecule has 0 atom stereocenters. The van der Waals surface area contributed by atoms with Crippen LogP contribution in [0.15, 0.2) is 22.7 Å². The summed E-state index contributed by atoms with van der Waals surface area (Å²) >= 11 is 3.20. The van der Waals surface area contributed by atoms with Crippen LogP contribution in [-0.4, -0.2) is 29.1 Å². The molecular weight excluding hydrogens is 316 g/mol. The van der Waals surface area contributed by atoms with Crippen molar-refractivity contribution in [1.29, 1.82) is 0 Å². The van der Waals surface area contributed by atoms with E-state index < -0.39 is 4.92 Å². The largest absolute Gasteiger partial charge is 0.396 e. The van der Waals surface area contributed by atoms with Crippen molar-refractivity contribution in [2.45, 2.75) is 19.3 Å². The van der Waals surface area contributed by atoms with Gasteiger partial charge in [-0.2, -0.15) is 0 Å². The molecule has 0 aliphatic heterocycles. The Morgan fingerprint density at radius 2 is 2.11 bits per heavy atom. The fourth-order valence-corrected chi connectivity index (χ4v) is 1.94. The predicted molar refractivity (Wildman–Crippen MR) is 74.1 cm³/mol. The molecule has 2 N–H and O–H groups in total. The molecule has 0 heterocycles. The van der Waals surface area contributed by atoms with Crippen LogP contribution in [0, 0.1) is 10.1 Å². The van der Waals surface area contributed by atoms with Crippen LogP contribution in [0.4, 0.5) is 5.69 Å². The van der Waals surface area contributed by atoms with Crippen molar-refractivity contribution >= 4 is 27.5 Å². The molecule has 1 rings (SSSR count). The molecule has 0 fully saturated rings. The topological polar surface area (TPSA) is 92.5 Å². The van der Waals surface area contributed by atoms with E-state index in [9.17, 15) is 14.9 Å². The number of halogens is 1. The van der Waals surface area contributed by atoms with E-state index in [1.807, 2.05) is 0 Å². The van der Waals surface area contributed by atoms with Crippen molar-refractivity contribution < 1.29 is 14.8 Å². The van der Waals surface area contributed by atoms with Crippen molar-refractivity contribution in [2.24, 2.45) is 0 Å². The normalized spacial score (nSPS) is 10.2. The van der Waals surface area contributed by atoms with Crippen molar-refractivity contribution in [3.8, 4) is 0 Å². The van der Waals surface area contributed by atoms with E-state index in [1.54, 1.807) is 0 Å². The van der Waals surface area contributed by atoms with Crippen LogP contribution in [0.25, 0.3) is 0 Å². The molecule has 0 bridgehead atoms. The number of aliphatic hydroxyl groups excluding tert-OH is 1. The maximum atomic E-state index is 11.9. The monoisotopic (exact) mass is 330 g/mol. The minimum absolute atomic E-state index is 0.117. The third kappa shape index (κ3) is 4.96. The highest BCUT2D eigenvalue weighted by atomic mass is 79.9. The number of rotatable bonds is 7. The Hall–Kier alpha value is -1.47. The molecule has 6 nitrogen and oxygen atoms in total. The van der Waals surface area contributed by atoms with Gasteiger partial charge in [0.2, 0.25) is 0 Å². The molecule has 104 valence electrons. The number of non-ortho nitro benzene ring substituents is 1. The van der Waals surface area contributed by atoms with Crippen LogP contribution in [-0.2, 0) is 0 Å². The molecule has 0 spiro atoms. The Labute approximate surface area is 119 Å². The second-order valence-electron chi connectivity index (χ2n) is 3.96. The average Bonchev–Trinajstić information content (AvgIpc) is 2.38. The summed E-state index contributed by atoms with van der Waals surface area (Å²) in [5, 5.41) is 22.0. The van der Waals surface area contributed by atoms with Crippen molar-refractivity contribution in [2.75, 3.05) is 13.2 Å². The van der Waals surface area contributed by atoms with Gasteiger partial charge in [-0.25, -0.2) is 0 Å². The second-order valence-corrected chi connectivity index (χ2v) is 4.82. The summed E-state index contributed by atoms with van der Waals surface area (Å²) in [5.41, 5.74) is 0.130. The number of benzene rings is 1. The SMILES string of the molecule is O=C(NCCCCCO)c1cc([N+](=O)[O-])ccc1Br. The first kappa shape index (κ1) is 15.6. The lowest BCUT2D eigenvalue weighted by Gasteiger charge is -2.06. The molecule has 7 heteroatoms. The first-order valence-electron chi connectivity index (χ1n) is 5.89. The van der Waals surface area contributed by atoms with Gasteiger partial charge in [0.25, 0.3) is 11.6 Å². The quantitative estimate of drug-likeness (QED) is 0.455. The maximum absolute atomic E-state index is 11.9. The van der Waals surface area contributed by atoms with Gasteiger partial charge in [0.05, 0.1) is 10.5 Å². The minimum Gasteiger partial charge on any atom is -0.396 e. The lowest BCUT2D eigenvalue weighted by Crippen LogP contribution is -2.24. The molecule has 0 aliphatic rings. The Bertz CT molecular complexity index is 465.